The SMILES string of the molecule is COc1ccc(C=C2C(=O)NC(=O)N(Cc3ccccc3)C2=O)cc1OC. The molecule has 1 heterocycles. The Hall–Kier alpha value is -3.61. The van der Waals surface area contributed by atoms with E-state index in [2.05, 4.69) is 5.32 Å². The molecule has 3 rings (SSSR count). The second-order valence-electron chi connectivity index (χ2n) is 5.81. The first-order valence-corrected chi connectivity index (χ1v) is 8.18. The largest absolute Gasteiger partial charge is 0.493 e. The summed E-state index contributed by atoms with van der Waals surface area (Å²) in [7, 11) is 3.01. The molecule has 138 valence electrons. The van der Waals surface area contributed by atoms with Crippen LogP contribution in [0, 0.1) is 0 Å². The van der Waals surface area contributed by atoms with Crippen molar-refractivity contribution in [3.05, 3.63) is 65.2 Å². The molecular weight excluding hydrogens is 348 g/mol. The van der Waals surface area contributed by atoms with E-state index in [1.54, 1.807) is 30.3 Å². The van der Waals surface area contributed by atoms with Crippen LogP contribution in [0.1, 0.15) is 11.1 Å². The van der Waals surface area contributed by atoms with Gasteiger partial charge in [0.05, 0.1) is 20.8 Å². The van der Waals surface area contributed by atoms with Crippen LogP contribution in [-0.4, -0.2) is 37.0 Å². The van der Waals surface area contributed by atoms with Gasteiger partial charge in [0.25, 0.3) is 11.8 Å². The van der Waals surface area contributed by atoms with Crippen molar-refractivity contribution in [3.63, 3.8) is 0 Å². The van der Waals surface area contributed by atoms with Gasteiger partial charge >= 0.3 is 6.03 Å². The Labute approximate surface area is 156 Å². The third-order valence-corrected chi connectivity index (χ3v) is 4.09. The normalized spacial score (nSPS) is 15.7. The number of benzene rings is 2. The molecule has 7 nitrogen and oxygen atoms in total. The van der Waals surface area contributed by atoms with Crippen LogP contribution in [0.2, 0.25) is 0 Å². The molecule has 0 bridgehead atoms. The number of amides is 4. The molecule has 2 aromatic carbocycles. The molecule has 1 fully saturated rings. The fourth-order valence-corrected chi connectivity index (χ4v) is 2.71. The number of nitrogens with zero attached hydrogens (tertiary/aromatic N) is 1. The van der Waals surface area contributed by atoms with Crippen molar-refractivity contribution in [3.8, 4) is 11.5 Å². The number of carbonyl (C=O) groups is 3. The number of carbonyl (C=O) groups excluding carboxylic acids is 3. The van der Waals surface area contributed by atoms with E-state index in [1.807, 2.05) is 18.2 Å². The lowest BCUT2D eigenvalue weighted by molar-refractivity contribution is -0.130. The summed E-state index contributed by atoms with van der Waals surface area (Å²) in [5.74, 6) is -0.390. The summed E-state index contributed by atoms with van der Waals surface area (Å²) < 4.78 is 10.4. The topological polar surface area (TPSA) is 84.9 Å². The molecule has 1 aliphatic rings. The van der Waals surface area contributed by atoms with Crippen LogP contribution in [0.3, 0.4) is 0 Å². The maximum absolute atomic E-state index is 12.8. The minimum atomic E-state index is -0.738. The first-order chi connectivity index (χ1) is 13.0. The highest BCUT2D eigenvalue weighted by Gasteiger charge is 2.35. The Morgan fingerprint density at radius 3 is 2.33 bits per heavy atom. The number of rotatable bonds is 5. The number of ether oxygens (including phenoxy) is 2. The van der Waals surface area contributed by atoms with Crippen LogP contribution in [0.15, 0.2) is 54.1 Å². The molecule has 0 atom stereocenters. The maximum atomic E-state index is 12.8. The first-order valence-electron chi connectivity index (χ1n) is 8.18. The van der Waals surface area contributed by atoms with E-state index in [0.717, 1.165) is 10.5 Å². The van der Waals surface area contributed by atoms with E-state index in [-0.39, 0.29) is 12.1 Å². The Bertz CT molecular complexity index is 921. The lowest BCUT2D eigenvalue weighted by Gasteiger charge is -2.26. The lowest BCUT2D eigenvalue weighted by Crippen LogP contribution is -2.53. The maximum Gasteiger partial charge on any atom is 0.331 e. The van der Waals surface area contributed by atoms with Crippen molar-refractivity contribution in [2.24, 2.45) is 0 Å². The third kappa shape index (κ3) is 3.82. The van der Waals surface area contributed by atoms with E-state index in [9.17, 15) is 14.4 Å². The molecule has 4 amide bonds. The summed E-state index contributed by atoms with van der Waals surface area (Å²) in [5.41, 5.74) is 1.22. The molecule has 0 aromatic heterocycles. The predicted octanol–water partition coefficient (Wildman–Crippen LogP) is 2.37. The Balaban J connectivity index is 1.92. The smallest absolute Gasteiger partial charge is 0.331 e. The van der Waals surface area contributed by atoms with Crippen LogP contribution >= 0.6 is 0 Å². The molecule has 0 radical (unpaired) electrons. The molecule has 0 unspecified atom stereocenters. The zero-order chi connectivity index (χ0) is 19.4. The number of hydrogen-bond donors (Lipinski definition) is 1. The van der Waals surface area contributed by atoms with Crippen LogP contribution in [-0.2, 0) is 16.1 Å². The Kier molecular flexibility index (Phi) is 5.21. The van der Waals surface area contributed by atoms with Crippen LogP contribution in [0.4, 0.5) is 4.79 Å². The molecule has 7 heteroatoms. The minimum absolute atomic E-state index is 0.0715. The number of barbiturate groups is 1. The molecular formula is C20H18N2O5. The molecule has 0 spiro atoms. The highest BCUT2D eigenvalue weighted by atomic mass is 16.5. The summed E-state index contributed by atoms with van der Waals surface area (Å²) in [6.07, 6.45) is 1.42. The van der Waals surface area contributed by atoms with Gasteiger partial charge in [-0.25, -0.2) is 4.79 Å². The standard InChI is InChI=1S/C20H18N2O5/c1-26-16-9-8-14(11-17(16)27-2)10-15-18(23)21-20(25)22(19(15)24)12-13-6-4-3-5-7-13/h3-11H,12H2,1-2H3,(H,21,23,25). The van der Waals surface area contributed by atoms with Gasteiger partial charge in [-0.3, -0.25) is 19.8 Å². The summed E-state index contributed by atoms with van der Waals surface area (Å²) in [6, 6.07) is 13.3. The molecule has 27 heavy (non-hydrogen) atoms. The molecule has 2 aromatic rings. The summed E-state index contributed by atoms with van der Waals surface area (Å²) >= 11 is 0. The number of methoxy groups -OCH3 is 2. The third-order valence-electron chi connectivity index (χ3n) is 4.09. The highest BCUT2D eigenvalue weighted by molar-refractivity contribution is 6.30. The van der Waals surface area contributed by atoms with Gasteiger partial charge in [0.1, 0.15) is 5.57 Å². The molecule has 1 aliphatic heterocycles. The Morgan fingerprint density at radius 1 is 0.963 bits per heavy atom. The lowest BCUT2D eigenvalue weighted by atomic mass is 10.1. The van der Waals surface area contributed by atoms with E-state index >= 15 is 0 Å². The van der Waals surface area contributed by atoms with Gasteiger partial charge in [-0.05, 0) is 29.3 Å². The van der Waals surface area contributed by atoms with Crippen molar-refractivity contribution in [1.29, 1.82) is 0 Å². The van der Waals surface area contributed by atoms with Crippen LogP contribution < -0.4 is 14.8 Å². The Morgan fingerprint density at radius 2 is 1.67 bits per heavy atom. The number of nitrogens with one attached hydrogen (secondary N) is 1. The van der Waals surface area contributed by atoms with Crippen molar-refractivity contribution >= 4 is 23.9 Å². The zero-order valence-electron chi connectivity index (χ0n) is 14.9. The summed E-state index contributed by atoms with van der Waals surface area (Å²) in [6.45, 7) is 0.0715. The van der Waals surface area contributed by atoms with E-state index in [4.69, 9.17) is 9.47 Å². The second kappa shape index (κ2) is 7.74. The zero-order valence-corrected chi connectivity index (χ0v) is 14.9. The van der Waals surface area contributed by atoms with E-state index < -0.39 is 17.8 Å². The van der Waals surface area contributed by atoms with Gasteiger partial charge in [-0.2, -0.15) is 0 Å². The monoisotopic (exact) mass is 366 g/mol. The van der Waals surface area contributed by atoms with Crippen molar-refractivity contribution < 1.29 is 23.9 Å². The fraction of sp³-hybridized carbons (Fsp3) is 0.150. The highest BCUT2D eigenvalue weighted by Crippen LogP contribution is 2.29. The quantitative estimate of drug-likeness (QED) is 0.649. The molecule has 0 saturated carbocycles. The predicted molar refractivity (Wildman–Crippen MR) is 98.1 cm³/mol. The van der Waals surface area contributed by atoms with Crippen molar-refractivity contribution in [2.75, 3.05) is 14.2 Å². The van der Waals surface area contributed by atoms with Gasteiger partial charge in [0.2, 0.25) is 0 Å². The second-order valence-corrected chi connectivity index (χ2v) is 5.81. The number of hydrogen-bond acceptors (Lipinski definition) is 5. The first kappa shape index (κ1) is 18.2. The molecule has 1 N–H and O–H groups in total. The van der Waals surface area contributed by atoms with Gasteiger partial charge < -0.3 is 9.47 Å². The van der Waals surface area contributed by atoms with Crippen LogP contribution in [0.25, 0.3) is 6.08 Å². The summed E-state index contributed by atoms with van der Waals surface area (Å²) in [5, 5.41) is 2.20. The van der Waals surface area contributed by atoms with Crippen molar-refractivity contribution in [1.82, 2.24) is 10.2 Å². The molecule has 1 saturated heterocycles. The average molecular weight is 366 g/mol. The number of imide groups is 2. The fourth-order valence-electron chi connectivity index (χ4n) is 2.71. The van der Waals surface area contributed by atoms with E-state index in [1.165, 1.54) is 20.3 Å². The minimum Gasteiger partial charge on any atom is -0.493 e. The van der Waals surface area contributed by atoms with Gasteiger partial charge in [-0.15, -0.1) is 0 Å². The van der Waals surface area contributed by atoms with Gasteiger partial charge in [0.15, 0.2) is 11.5 Å². The van der Waals surface area contributed by atoms with Gasteiger partial charge in [0, 0.05) is 0 Å². The summed E-state index contributed by atoms with van der Waals surface area (Å²) in [4.78, 5) is 38.1. The van der Waals surface area contributed by atoms with Crippen LogP contribution in [0.5, 0.6) is 11.5 Å². The molecule has 0 aliphatic carbocycles. The van der Waals surface area contributed by atoms with Gasteiger partial charge in [-0.1, -0.05) is 36.4 Å². The average Bonchev–Trinajstić information content (AvgIpc) is 2.69. The van der Waals surface area contributed by atoms with E-state index in [0.29, 0.717) is 17.1 Å². The van der Waals surface area contributed by atoms with Crippen molar-refractivity contribution in [2.45, 2.75) is 6.54 Å². The number of urea groups is 1.